The molecule has 0 spiro atoms. The highest BCUT2D eigenvalue weighted by molar-refractivity contribution is 6.09. The van der Waals surface area contributed by atoms with Crippen LogP contribution in [0.15, 0.2) is 91.6 Å². The van der Waals surface area contributed by atoms with E-state index in [1.165, 1.54) is 16.3 Å². The van der Waals surface area contributed by atoms with E-state index in [0.29, 0.717) is 6.54 Å². The second kappa shape index (κ2) is 12.9. The predicted octanol–water partition coefficient (Wildman–Crippen LogP) is 7.36. The van der Waals surface area contributed by atoms with E-state index in [1.54, 1.807) is 19.9 Å². The Hall–Kier alpha value is -4.12. The Labute approximate surface area is 225 Å². The van der Waals surface area contributed by atoms with Gasteiger partial charge in [0.05, 0.1) is 6.54 Å². The van der Waals surface area contributed by atoms with E-state index < -0.39 is 18.0 Å². The van der Waals surface area contributed by atoms with Crippen LogP contribution in [0, 0.1) is 5.92 Å². The largest absolute Gasteiger partial charge is 0.458 e. The Kier molecular flexibility index (Phi) is 9.66. The summed E-state index contributed by atoms with van der Waals surface area (Å²) in [5.74, 6) is -0.865. The first-order valence-corrected chi connectivity index (χ1v) is 12.9. The van der Waals surface area contributed by atoms with Crippen LogP contribution < -0.4 is 0 Å². The topological polar surface area (TPSA) is 57.5 Å². The highest BCUT2D eigenvalue weighted by Crippen LogP contribution is 2.35. The smallest absolute Gasteiger partial charge is 0.333 e. The number of carbonyl (C=O) groups excluding carboxylic acids is 2. The zero-order chi connectivity index (χ0) is 27.8. The maximum absolute atomic E-state index is 12.5. The number of rotatable bonds is 12. The molecule has 3 rings (SSSR count). The lowest BCUT2D eigenvalue weighted by atomic mass is 10.0. The number of allylic oxidation sites excluding steroid dienone is 4. The summed E-state index contributed by atoms with van der Waals surface area (Å²) in [6, 6.07) is 12.5. The van der Waals surface area contributed by atoms with E-state index in [-0.39, 0.29) is 23.7 Å². The first kappa shape index (κ1) is 28.5. The average molecular weight is 512 g/mol. The van der Waals surface area contributed by atoms with Gasteiger partial charge in [0.25, 0.3) is 0 Å². The maximum atomic E-state index is 12.5. The fourth-order valence-corrected chi connectivity index (χ4v) is 4.40. The van der Waals surface area contributed by atoms with Crippen molar-refractivity contribution in [1.82, 2.24) is 4.57 Å². The number of aryl methyl sites for hydroxylation is 1. The maximum Gasteiger partial charge on any atom is 0.333 e. The van der Waals surface area contributed by atoms with Crippen molar-refractivity contribution in [3.63, 3.8) is 0 Å². The number of esters is 2. The van der Waals surface area contributed by atoms with Crippen molar-refractivity contribution in [1.29, 1.82) is 0 Å². The quantitative estimate of drug-likeness (QED) is 0.145. The number of fused-ring (bicyclic) bond motifs is 3. The molecule has 2 atom stereocenters. The van der Waals surface area contributed by atoms with Crippen LogP contribution in [-0.4, -0.2) is 29.2 Å². The lowest BCUT2D eigenvalue weighted by molar-refractivity contribution is -0.154. The highest BCUT2D eigenvalue weighted by atomic mass is 16.6. The van der Waals surface area contributed by atoms with Crippen LogP contribution in [0.4, 0.5) is 0 Å². The molecule has 5 heteroatoms. The van der Waals surface area contributed by atoms with Gasteiger partial charge in [-0.15, -0.1) is 0 Å². The highest BCUT2D eigenvalue weighted by Gasteiger charge is 2.23. The van der Waals surface area contributed by atoms with E-state index in [1.807, 2.05) is 18.2 Å². The summed E-state index contributed by atoms with van der Waals surface area (Å²) in [4.78, 5) is 24.7. The number of nitrogens with zero attached hydrogens (tertiary/aromatic N) is 1. The van der Waals surface area contributed by atoms with Crippen LogP contribution in [0.5, 0.6) is 0 Å². The third kappa shape index (κ3) is 6.60. The number of hydrogen-bond donors (Lipinski definition) is 0. The molecule has 1 unspecified atom stereocenters. The van der Waals surface area contributed by atoms with Gasteiger partial charge in [-0.2, -0.15) is 0 Å². The summed E-state index contributed by atoms with van der Waals surface area (Å²) < 4.78 is 13.3. The SMILES string of the molecule is C=C/C=C\[C@H](C)/C=C\c1c(CC)c2c3ccccc3ccc2n1CC(COC(=O)C(=C)C)OC(=O)C(=C)C. The third-order valence-electron chi connectivity index (χ3n) is 6.32. The van der Waals surface area contributed by atoms with Crippen molar-refractivity contribution in [3.05, 3.63) is 103 Å². The Morgan fingerprint density at radius 3 is 2.39 bits per heavy atom. The summed E-state index contributed by atoms with van der Waals surface area (Å²) in [6.45, 7) is 18.7. The van der Waals surface area contributed by atoms with E-state index in [4.69, 9.17) is 9.47 Å². The van der Waals surface area contributed by atoms with E-state index in [2.05, 4.69) is 80.6 Å². The Balaban J connectivity index is 2.18. The Morgan fingerprint density at radius 1 is 1.03 bits per heavy atom. The van der Waals surface area contributed by atoms with Gasteiger partial charge in [0, 0.05) is 27.7 Å². The molecule has 0 radical (unpaired) electrons. The van der Waals surface area contributed by atoms with Gasteiger partial charge in [-0.25, -0.2) is 9.59 Å². The van der Waals surface area contributed by atoms with Gasteiger partial charge in [0.15, 0.2) is 6.10 Å². The lowest BCUT2D eigenvalue weighted by Gasteiger charge is -2.21. The van der Waals surface area contributed by atoms with Crippen LogP contribution in [0.1, 0.15) is 39.0 Å². The fourth-order valence-electron chi connectivity index (χ4n) is 4.40. The second-order valence-corrected chi connectivity index (χ2v) is 9.53. The molecule has 1 heterocycles. The minimum Gasteiger partial charge on any atom is -0.458 e. The molecule has 3 aromatic rings. The summed E-state index contributed by atoms with van der Waals surface area (Å²) in [5, 5.41) is 3.49. The average Bonchev–Trinajstić information content (AvgIpc) is 3.21. The normalized spacial score (nSPS) is 13.2. The van der Waals surface area contributed by atoms with Crippen molar-refractivity contribution in [3.8, 4) is 0 Å². The molecule has 0 aliphatic rings. The molecule has 0 saturated carbocycles. The van der Waals surface area contributed by atoms with Crippen molar-refractivity contribution >= 4 is 39.7 Å². The van der Waals surface area contributed by atoms with Crippen molar-refractivity contribution < 1.29 is 19.1 Å². The molecular weight excluding hydrogens is 474 g/mol. The lowest BCUT2D eigenvalue weighted by Crippen LogP contribution is -2.30. The molecule has 2 aromatic carbocycles. The van der Waals surface area contributed by atoms with Crippen molar-refractivity contribution in [2.75, 3.05) is 6.61 Å². The molecule has 1 aromatic heterocycles. The number of aromatic nitrogens is 1. The van der Waals surface area contributed by atoms with Gasteiger partial charge in [-0.05, 0) is 54.7 Å². The molecule has 0 aliphatic carbocycles. The van der Waals surface area contributed by atoms with E-state index in [0.717, 1.165) is 23.0 Å². The molecule has 0 N–H and O–H groups in total. The monoisotopic (exact) mass is 511 g/mol. The number of hydrogen-bond acceptors (Lipinski definition) is 4. The standard InChI is InChI=1S/C33H37NO4/c1-8-10-13-24(7)16-18-29-27(9-2)31-28-15-12-11-14-25(28)17-19-30(31)34(29)20-26(38-33(36)23(5)6)21-37-32(35)22(3)4/h8,10-19,24,26H,1,3,5,9,20-21H2,2,4,6-7H3/b13-10-,18-16-/t24-,26?/m0/s1. The zero-order valence-corrected chi connectivity index (χ0v) is 22.8. The van der Waals surface area contributed by atoms with Crippen LogP contribution in [0.3, 0.4) is 0 Å². The zero-order valence-electron chi connectivity index (χ0n) is 22.8. The summed E-state index contributed by atoms with van der Waals surface area (Å²) in [6.07, 6.45) is 10.1. The van der Waals surface area contributed by atoms with Crippen LogP contribution >= 0.6 is 0 Å². The summed E-state index contributed by atoms with van der Waals surface area (Å²) >= 11 is 0. The van der Waals surface area contributed by atoms with Gasteiger partial charge < -0.3 is 14.0 Å². The van der Waals surface area contributed by atoms with Gasteiger partial charge in [0.1, 0.15) is 6.61 Å². The molecule has 0 saturated heterocycles. The molecule has 198 valence electrons. The minimum absolute atomic E-state index is 0.0962. The Bertz CT molecular complexity index is 1440. The predicted molar refractivity (Wildman–Crippen MR) is 157 cm³/mol. The number of carbonyl (C=O) groups is 2. The van der Waals surface area contributed by atoms with Gasteiger partial charge in [-0.1, -0.05) is 88.2 Å². The van der Waals surface area contributed by atoms with E-state index >= 15 is 0 Å². The summed E-state index contributed by atoms with van der Waals surface area (Å²) in [7, 11) is 0. The fraction of sp³-hybridized carbons (Fsp3) is 0.273. The first-order chi connectivity index (χ1) is 18.2. The first-order valence-electron chi connectivity index (χ1n) is 12.9. The van der Waals surface area contributed by atoms with Crippen LogP contribution in [-0.2, 0) is 32.0 Å². The minimum atomic E-state index is -0.723. The molecular formula is C33H37NO4. The number of ether oxygens (including phenoxy) is 2. The van der Waals surface area contributed by atoms with Crippen LogP contribution in [0.25, 0.3) is 27.8 Å². The molecule has 0 aliphatic heterocycles. The molecule has 0 amide bonds. The van der Waals surface area contributed by atoms with Gasteiger partial charge >= 0.3 is 11.9 Å². The third-order valence-corrected chi connectivity index (χ3v) is 6.32. The van der Waals surface area contributed by atoms with Crippen molar-refractivity contribution in [2.45, 2.75) is 46.8 Å². The van der Waals surface area contributed by atoms with Crippen molar-refractivity contribution in [2.24, 2.45) is 5.92 Å². The molecule has 5 nitrogen and oxygen atoms in total. The number of benzene rings is 2. The molecule has 0 bridgehead atoms. The molecule has 38 heavy (non-hydrogen) atoms. The molecule has 0 fully saturated rings. The van der Waals surface area contributed by atoms with E-state index in [9.17, 15) is 9.59 Å². The second-order valence-electron chi connectivity index (χ2n) is 9.53. The Morgan fingerprint density at radius 2 is 1.74 bits per heavy atom. The van der Waals surface area contributed by atoms with Gasteiger partial charge in [-0.3, -0.25) is 0 Å². The van der Waals surface area contributed by atoms with Gasteiger partial charge in [0.2, 0.25) is 0 Å². The van der Waals surface area contributed by atoms with Crippen LogP contribution in [0.2, 0.25) is 0 Å². The summed E-state index contributed by atoms with van der Waals surface area (Å²) in [5.41, 5.74) is 3.82.